The van der Waals surface area contributed by atoms with Crippen LogP contribution in [0.15, 0.2) is 48.5 Å². The van der Waals surface area contributed by atoms with Crippen molar-refractivity contribution < 1.29 is 43.2 Å². The molecule has 0 unspecified atom stereocenters. The van der Waals surface area contributed by atoms with Gasteiger partial charge in [-0.3, -0.25) is 0 Å². The summed E-state index contributed by atoms with van der Waals surface area (Å²) < 4.78 is 46.7. The van der Waals surface area contributed by atoms with E-state index in [-0.39, 0.29) is 21.2 Å². The van der Waals surface area contributed by atoms with Gasteiger partial charge in [0, 0.05) is 12.0 Å². The van der Waals surface area contributed by atoms with Crippen molar-refractivity contribution in [3.05, 3.63) is 63.2 Å². The van der Waals surface area contributed by atoms with Crippen molar-refractivity contribution in [2.75, 3.05) is 11.5 Å². The van der Waals surface area contributed by atoms with Gasteiger partial charge in [-0.1, -0.05) is 134 Å². The van der Waals surface area contributed by atoms with Crippen molar-refractivity contribution in [1.29, 1.82) is 0 Å². The number of ether oxygens (including phenoxy) is 1. The van der Waals surface area contributed by atoms with Crippen molar-refractivity contribution in [3.63, 3.8) is 0 Å². The summed E-state index contributed by atoms with van der Waals surface area (Å²) in [7, 11) is -6.00. The van der Waals surface area contributed by atoms with Gasteiger partial charge in [0.15, 0.2) is 3.57 Å². The first kappa shape index (κ1) is 35.8. The third-order valence-corrected chi connectivity index (χ3v) is 8.94. The number of rotatable bonds is 21. The lowest BCUT2D eigenvalue weighted by Gasteiger charge is -2.09. The summed E-state index contributed by atoms with van der Waals surface area (Å²) in [6.45, 7) is 3.15. The molecular formula is C32H50BF4IO. The van der Waals surface area contributed by atoms with Crippen LogP contribution >= 0.6 is 0 Å². The van der Waals surface area contributed by atoms with Crippen molar-refractivity contribution in [2.24, 2.45) is 0 Å². The van der Waals surface area contributed by atoms with Crippen molar-refractivity contribution in [1.82, 2.24) is 0 Å². The lowest BCUT2D eigenvalue weighted by Crippen LogP contribution is -3.60. The maximum absolute atomic E-state index is 9.75. The highest BCUT2D eigenvalue weighted by Gasteiger charge is 2.20. The summed E-state index contributed by atoms with van der Waals surface area (Å²) in [5, 5.41) is 0. The Morgan fingerprint density at radius 3 is 1.56 bits per heavy atom. The SMILES string of the molecule is CCCCCCCCCCCCCCCCCCOc1ccc([I+]C)c(Cc2ccccc2)c1.F[B-](F)(F)F. The monoisotopic (exact) mass is 664 g/mol. The fourth-order valence-corrected chi connectivity index (χ4v) is 6.20. The molecule has 1 nitrogen and oxygen atoms in total. The molecule has 0 spiro atoms. The minimum atomic E-state index is -6.00. The van der Waals surface area contributed by atoms with E-state index in [1.165, 1.54) is 117 Å². The van der Waals surface area contributed by atoms with E-state index < -0.39 is 7.25 Å². The van der Waals surface area contributed by atoms with E-state index in [1.54, 1.807) is 0 Å². The Labute approximate surface area is 246 Å². The van der Waals surface area contributed by atoms with Crippen LogP contribution in [0.3, 0.4) is 0 Å². The molecule has 0 aromatic heterocycles. The summed E-state index contributed by atoms with van der Waals surface area (Å²) >= 11 is 0.0844. The molecule has 0 aliphatic rings. The van der Waals surface area contributed by atoms with Crippen LogP contribution in [0.4, 0.5) is 17.3 Å². The molecule has 7 heteroatoms. The van der Waals surface area contributed by atoms with Gasteiger partial charge in [0.2, 0.25) is 0 Å². The number of benzene rings is 2. The molecule has 0 radical (unpaired) electrons. The number of alkyl halides is 1. The standard InChI is InChI=1S/C32H50IO.BF4/c1-3-4-5-6-7-8-9-10-11-12-13-14-15-16-17-21-26-34-31-24-25-32(33-2)30(28-31)27-29-22-19-18-20-23-29;2-1(3,4)5/h18-20,22-25,28H,3-17,21,26-27H2,1-2H3;/q+1;-1. The first-order valence-electron chi connectivity index (χ1n) is 15.0. The Hall–Kier alpha value is -1.25. The Balaban J connectivity index is 0.00000139. The smallest absolute Gasteiger partial charge is 0.494 e. The second kappa shape index (κ2) is 23.5. The minimum absolute atomic E-state index is 0.0844. The Morgan fingerprint density at radius 1 is 0.641 bits per heavy atom. The Morgan fingerprint density at radius 2 is 1.10 bits per heavy atom. The zero-order valence-electron chi connectivity index (χ0n) is 24.2. The number of hydrogen-bond acceptors (Lipinski definition) is 1. The molecule has 2 rings (SSSR count). The van der Waals surface area contributed by atoms with Crippen LogP contribution in [0.1, 0.15) is 121 Å². The Bertz CT molecular complexity index is 827. The average molecular weight is 664 g/mol. The summed E-state index contributed by atoms with van der Waals surface area (Å²) in [6.07, 6.45) is 23.5. The average Bonchev–Trinajstić information content (AvgIpc) is 2.90. The van der Waals surface area contributed by atoms with E-state index in [4.69, 9.17) is 4.74 Å². The summed E-state index contributed by atoms with van der Waals surface area (Å²) in [5.74, 6) is 1.05. The third-order valence-electron chi connectivity index (χ3n) is 6.72. The van der Waals surface area contributed by atoms with Gasteiger partial charge >= 0.3 is 28.5 Å². The molecule has 2 aromatic rings. The van der Waals surface area contributed by atoms with Gasteiger partial charge in [0.1, 0.15) is 10.7 Å². The van der Waals surface area contributed by atoms with Gasteiger partial charge in [0.05, 0.1) is 6.61 Å². The van der Waals surface area contributed by atoms with E-state index in [9.17, 15) is 17.3 Å². The van der Waals surface area contributed by atoms with E-state index in [0.29, 0.717) is 0 Å². The first-order chi connectivity index (χ1) is 18.8. The molecule has 2 aromatic carbocycles. The van der Waals surface area contributed by atoms with Crippen LogP contribution in [0.5, 0.6) is 5.75 Å². The maximum atomic E-state index is 9.75. The van der Waals surface area contributed by atoms with Gasteiger partial charge in [-0.25, -0.2) is 0 Å². The van der Waals surface area contributed by atoms with Crippen molar-refractivity contribution >= 4 is 7.25 Å². The summed E-state index contributed by atoms with van der Waals surface area (Å²) in [5.41, 5.74) is 2.84. The van der Waals surface area contributed by atoms with Crippen LogP contribution in [-0.4, -0.2) is 18.8 Å². The fraction of sp³-hybridized carbons (Fsp3) is 0.625. The molecule has 0 aliphatic carbocycles. The molecule has 0 bridgehead atoms. The molecule has 0 aliphatic heterocycles. The lowest BCUT2D eigenvalue weighted by atomic mass is 10.0. The van der Waals surface area contributed by atoms with Crippen molar-refractivity contribution in [2.45, 2.75) is 116 Å². The fourth-order valence-electron chi connectivity index (χ4n) is 4.62. The van der Waals surface area contributed by atoms with E-state index in [2.05, 4.69) is 60.4 Å². The highest BCUT2D eigenvalue weighted by Crippen LogP contribution is 2.18. The predicted molar refractivity (Wildman–Crippen MR) is 156 cm³/mol. The quantitative estimate of drug-likeness (QED) is 0.0431. The number of halogens is 5. The molecule has 0 N–H and O–H groups in total. The molecule has 0 heterocycles. The second-order valence-corrected chi connectivity index (χ2v) is 12.5. The van der Waals surface area contributed by atoms with Crippen molar-refractivity contribution in [3.8, 4) is 5.75 Å². The van der Waals surface area contributed by atoms with E-state index in [1.807, 2.05) is 0 Å². The van der Waals surface area contributed by atoms with E-state index >= 15 is 0 Å². The zero-order valence-corrected chi connectivity index (χ0v) is 26.4. The number of hydrogen-bond donors (Lipinski definition) is 0. The van der Waals surface area contributed by atoms with Gasteiger partial charge in [-0.15, -0.1) is 0 Å². The van der Waals surface area contributed by atoms with Gasteiger partial charge in [-0.2, -0.15) is 0 Å². The van der Waals surface area contributed by atoms with Crippen LogP contribution in [0.2, 0.25) is 0 Å². The summed E-state index contributed by atoms with van der Waals surface area (Å²) in [4.78, 5) is 2.35. The largest absolute Gasteiger partial charge is 0.673 e. The maximum Gasteiger partial charge on any atom is 0.673 e. The highest BCUT2D eigenvalue weighted by atomic mass is 127. The Kier molecular flexibility index (Phi) is 21.5. The molecular weight excluding hydrogens is 614 g/mol. The molecule has 0 saturated carbocycles. The molecule has 0 atom stereocenters. The normalized spacial score (nSPS) is 11.2. The van der Waals surface area contributed by atoms with Gasteiger partial charge in [0.25, 0.3) is 0 Å². The summed E-state index contributed by atoms with van der Waals surface area (Å²) in [6, 6.07) is 17.6. The van der Waals surface area contributed by atoms with Crippen LogP contribution in [0.25, 0.3) is 0 Å². The second-order valence-electron chi connectivity index (χ2n) is 10.3. The van der Waals surface area contributed by atoms with Crippen LogP contribution < -0.4 is 25.9 Å². The molecule has 0 amide bonds. The van der Waals surface area contributed by atoms with Crippen LogP contribution in [0, 0.1) is 3.57 Å². The first-order valence-corrected chi connectivity index (χ1v) is 18.2. The highest BCUT2D eigenvalue weighted by molar-refractivity contribution is 6.50. The topological polar surface area (TPSA) is 9.23 Å². The number of unbranched alkanes of at least 4 members (excludes halogenated alkanes) is 15. The molecule has 39 heavy (non-hydrogen) atoms. The van der Waals surface area contributed by atoms with Gasteiger partial charge < -0.3 is 22.0 Å². The lowest BCUT2D eigenvalue weighted by molar-refractivity contribution is -0.598. The molecule has 0 saturated heterocycles. The minimum Gasteiger partial charge on any atom is -0.494 e. The third kappa shape index (κ3) is 22.2. The molecule has 222 valence electrons. The van der Waals surface area contributed by atoms with Gasteiger partial charge in [-0.05, 0) is 30.2 Å². The van der Waals surface area contributed by atoms with E-state index in [0.717, 1.165) is 18.8 Å². The zero-order chi connectivity index (χ0) is 28.6. The van der Waals surface area contributed by atoms with Crippen LogP contribution in [-0.2, 0) is 6.42 Å². The molecule has 0 fully saturated rings. The predicted octanol–water partition coefficient (Wildman–Crippen LogP) is 8.11.